The summed E-state index contributed by atoms with van der Waals surface area (Å²) in [5.41, 5.74) is 2.81. The van der Waals surface area contributed by atoms with E-state index < -0.39 is 0 Å². The fraction of sp³-hybridized carbons (Fsp3) is 0. The van der Waals surface area contributed by atoms with Crippen LogP contribution in [-0.2, 0) is 0 Å². The van der Waals surface area contributed by atoms with E-state index in [0.29, 0.717) is 22.6 Å². The Balaban J connectivity index is 2.18. The molecule has 0 saturated heterocycles. The van der Waals surface area contributed by atoms with Gasteiger partial charge in [0.25, 0.3) is 0 Å². The van der Waals surface area contributed by atoms with Crippen molar-refractivity contribution in [2.75, 3.05) is 0 Å². The SMILES string of the molecule is N#Cc1ccc2oc(-c3ccncc3)nc2c1. The van der Waals surface area contributed by atoms with Crippen molar-refractivity contribution in [2.45, 2.75) is 0 Å². The molecule has 0 radical (unpaired) electrons. The highest BCUT2D eigenvalue weighted by molar-refractivity contribution is 5.77. The van der Waals surface area contributed by atoms with Gasteiger partial charge in [-0.3, -0.25) is 4.98 Å². The molecule has 0 amide bonds. The van der Waals surface area contributed by atoms with Gasteiger partial charge in [-0.2, -0.15) is 5.26 Å². The van der Waals surface area contributed by atoms with E-state index >= 15 is 0 Å². The first-order valence-corrected chi connectivity index (χ1v) is 5.08. The molecule has 17 heavy (non-hydrogen) atoms. The number of hydrogen-bond donors (Lipinski definition) is 0. The monoisotopic (exact) mass is 221 g/mol. The molecule has 1 aromatic carbocycles. The number of pyridine rings is 1. The fourth-order valence-corrected chi connectivity index (χ4v) is 1.61. The Morgan fingerprint density at radius 1 is 1.12 bits per heavy atom. The number of hydrogen-bond acceptors (Lipinski definition) is 4. The van der Waals surface area contributed by atoms with E-state index in [-0.39, 0.29) is 0 Å². The molecular formula is C13H7N3O. The van der Waals surface area contributed by atoms with Gasteiger partial charge in [0.05, 0.1) is 11.6 Å². The van der Waals surface area contributed by atoms with Crippen molar-refractivity contribution in [3.8, 4) is 17.5 Å². The summed E-state index contributed by atoms with van der Waals surface area (Å²) in [7, 11) is 0. The van der Waals surface area contributed by atoms with Gasteiger partial charge in [-0.15, -0.1) is 0 Å². The van der Waals surface area contributed by atoms with Crippen LogP contribution < -0.4 is 0 Å². The zero-order valence-corrected chi connectivity index (χ0v) is 8.79. The molecule has 0 aliphatic rings. The van der Waals surface area contributed by atoms with Gasteiger partial charge in [0, 0.05) is 18.0 Å². The van der Waals surface area contributed by atoms with Crippen molar-refractivity contribution in [2.24, 2.45) is 0 Å². The van der Waals surface area contributed by atoms with Crippen LogP contribution in [0, 0.1) is 11.3 Å². The van der Waals surface area contributed by atoms with Crippen LogP contribution in [0.15, 0.2) is 47.1 Å². The Hall–Kier alpha value is -2.67. The fourth-order valence-electron chi connectivity index (χ4n) is 1.61. The Morgan fingerprint density at radius 3 is 2.71 bits per heavy atom. The summed E-state index contributed by atoms with van der Waals surface area (Å²) in [5.74, 6) is 0.539. The van der Waals surface area contributed by atoms with Crippen LogP contribution in [0.2, 0.25) is 0 Å². The molecule has 2 aromatic heterocycles. The second kappa shape index (κ2) is 3.72. The second-order valence-corrected chi connectivity index (χ2v) is 3.55. The molecule has 0 saturated carbocycles. The van der Waals surface area contributed by atoms with Gasteiger partial charge in [0.15, 0.2) is 5.58 Å². The molecule has 0 N–H and O–H groups in total. The summed E-state index contributed by atoms with van der Waals surface area (Å²) in [6.07, 6.45) is 3.37. The normalized spacial score (nSPS) is 10.3. The van der Waals surface area contributed by atoms with E-state index in [1.165, 1.54) is 0 Å². The van der Waals surface area contributed by atoms with Crippen LogP contribution in [-0.4, -0.2) is 9.97 Å². The molecule has 2 heterocycles. The van der Waals surface area contributed by atoms with E-state index in [0.717, 1.165) is 5.56 Å². The van der Waals surface area contributed by atoms with Crippen molar-refractivity contribution in [1.29, 1.82) is 5.26 Å². The van der Waals surface area contributed by atoms with E-state index in [2.05, 4.69) is 16.0 Å². The third-order valence-corrected chi connectivity index (χ3v) is 2.44. The van der Waals surface area contributed by atoms with Crippen molar-refractivity contribution >= 4 is 11.1 Å². The number of nitriles is 1. The predicted molar refractivity (Wildman–Crippen MR) is 62.0 cm³/mol. The number of oxazole rings is 1. The van der Waals surface area contributed by atoms with Gasteiger partial charge in [0.2, 0.25) is 5.89 Å². The Morgan fingerprint density at radius 2 is 1.94 bits per heavy atom. The van der Waals surface area contributed by atoms with Crippen molar-refractivity contribution < 1.29 is 4.42 Å². The quantitative estimate of drug-likeness (QED) is 0.633. The first kappa shape index (κ1) is 9.55. The summed E-state index contributed by atoms with van der Waals surface area (Å²) >= 11 is 0. The molecule has 0 unspecified atom stereocenters. The molecule has 3 aromatic rings. The van der Waals surface area contributed by atoms with Crippen molar-refractivity contribution in [3.05, 3.63) is 48.3 Å². The van der Waals surface area contributed by atoms with Crippen molar-refractivity contribution in [3.63, 3.8) is 0 Å². The van der Waals surface area contributed by atoms with Gasteiger partial charge in [0.1, 0.15) is 5.52 Å². The maximum atomic E-state index is 8.80. The summed E-state index contributed by atoms with van der Waals surface area (Å²) in [6, 6.07) is 10.9. The lowest BCUT2D eigenvalue weighted by Gasteiger charge is -1.91. The molecule has 80 valence electrons. The molecule has 0 fully saturated rings. The molecule has 0 atom stereocenters. The molecule has 4 nitrogen and oxygen atoms in total. The highest BCUT2D eigenvalue weighted by Gasteiger charge is 2.08. The molecule has 3 rings (SSSR count). The topological polar surface area (TPSA) is 62.7 Å². The molecular weight excluding hydrogens is 214 g/mol. The molecule has 0 spiro atoms. The first-order valence-electron chi connectivity index (χ1n) is 5.08. The van der Waals surface area contributed by atoms with Crippen LogP contribution in [0.4, 0.5) is 0 Å². The number of aromatic nitrogens is 2. The Bertz CT molecular complexity index is 710. The lowest BCUT2D eigenvalue weighted by molar-refractivity contribution is 0.619. The van der Waals surface area contributed by atoms with Gasteiger partial charge in [-0.25, -0.2) is 4.98 Å². The van der Waals surface area contributed by atoms with Crippen LogP contribution in [0.25, 0.3) is 22.6 Å². The minimum atomic E-state index is 0.539. The van der Waals surface area contributed by atoms with Crippen LogP contribution in [0.3, 0.4) is 0 Å². The maximum Gasteiger partial charge on any atom is 0.227 e. The summed E-state index contributed by atoms with van der Waals surface area (Å²) in [4.78, 5) is 8.29. The third kappa shape index (κ3) is 1.64. The minimum absolute atomic E-state index is 0.539. The molecule has 0 bridgehead atoms. The lowest BCUT2D eigenvalue weighted by atomic mass is 10.2. The summed E-state index contributed by atoms with van der Waals surface area (Å²) in [6.45, 7) is 0. The van der Waals surface area contributed by atoms with Crippen LogP contribution in [0.5, 0.6) is 0 Å². The number of fused-ring (bicyclic) bond motifs is 1. The Kier molecular flexibility index (Phi) is 2.09. The van der Waals surface area contributed by atoms with Gasteiger partial charge >= 0.3 is 0 Å². The third-order valence-electron chi connectivity index (χ3n) is 2.44. The number of nitrogens with zero attached hydrogens (tertiary/aromatic N) is 3. The zero-order valence-electron chi connectivity index (χ0n) is 8.79. The minimum Gasteiger partial charge on any atom is -0.436 e. The zero-order chi connectivity index (χ0) is 11.7. The highest BCUT2D eigenvalue weighted by Crippen LogP contribution is 2.24. The van der Waals surface area contributed by atoms with Gasteiger partial charge in [-0.1, -0.05) is 0 Å². The van der Waals surface area contributed by atoms with E-state index in [1.54, 1.807) is 30.6 Å². The smallest absolute Gasteiger partial charge is 0.227 e. The van der Waals surface area contributed by atoms with Gasteiger partial charge in [-0.05, 0) is 30.3 Å². The van der Waals surface area contributed by atoms with Crippen molar-refractivity contribution in [1.82, 2.24) is 9.97 Å². The maximum absolute atomic E-state index is 8.80. The number of benzene rings is 1. The average Bonchev–Trinajstić information content (AvgIpc) is 2.82. The largest absolute Gasteiger partial charge is 0.436 e. The lowest BCUT2D eigenvalue weighted by Crippen LogP contribution is -1.77. The van der Waals surface area contributed by atoms with Crippen LogP contribution in [0.1, 0.15) is 5.56 Å². The molecule has 0 aliphatic heterocycles. The van der Waals surface area contributed by atoms with Crippen LogP contribution >= 0.6 is 0 Å². The highest BCUT2D eigenvalue weighted by atomic mass is 16.3. The Labute approximate surface area is 97.2 Å². The predicted octanol–water partition coefficient (Wildman–Crippen LogP) is 2.76. The number of rotatable bonds is 1. The summed E-state index contributed by atoms with van der Waals surface area (Å²) < 4.78 is 5.61. The summed E-state index contributed by atoms with van der Waals surface area (Å²) in [5, 5.41) is 8.80. The average molecular weight is 221 g/mol. The van der Waals surface area contributed by atoms with E-state index in [9.17, 15) is 0 Å². The first-order chi connectivity index (χ1) is 8.36. The molecule has 4 heteroatoms. The standard InChI is InChI=1S/C13H7N3O/c14-8-9-1-2-12-11(7-9)16-13(17-12)10-3-5-15-6-4-10/h1-7H. The second-order valence-electron chi connectivity index (χ2n) is 3.55. The molecule has 0 aliphatic carbocycles. The van der Waals surface area contributed by atoms with E-state index in [4.69, 9.17) is 9.68 Å². The van der Waals surface area contributed by atoms with E-state index in [1.807, 2.05) is 12.1 Å². The van der Waals surface area contributed by atoms with Gasteiger partial charge < -0.3 is 4.42 Å².